The van der Waals surface area contributed by atoms with Crippen LogP contribution in [0.5, 0.6) is 0 Å². The third-order valence-electron chi connectivity index (χ3n) is 23.3. The van der Waals surface area contributed by atoms with Gasteiger partial charge in [0.2, 0.25) is 6.29 Å². The highest BCUT2D eigenvalue weighted by atomic mass is 16.8. The number of hydrogen-bond acceptors (Lipinski definition) is 27. The molecule has 494 valence electrons. The molecule has 0 aromatic rings. The van der Waals surface area contributed by atoms with Crippen LogP contribution in [0.25, 0.3) is 0 Å². The van der Waals surface area contributed by atoms with Crippen molar-refractivity contribution in [2.24, 2.45) is 50.2 Å². The van der Waals surface area contributed by atoms with Crippen molar-refractivity contribution in [1.82, 2.24) is 0 Å². The minimum Gasteiger partial charge on any atom is -0.432 e. The second kappa shape index (κ2) is 24.6. The molecule has 16 N–H and O–H groups in total. The number of rotatable bonds is 13. The summed E-state index contributed by atoms with van der Waals surface area (Å²) in [5.74, 6) is -1.30. The minimum absolute atomic E-state index is 0.0640. The van der Waals surface area contributed by atoms with Crippen LogP contribution in [0.1, 0.15) is 113 Å². The Labute approximate surface area is 499 Å². The summed E-state index contributed by atoms with van der Waals surface area (Å²) < 4.78 is 59.6. The number of aliphatic hydroxyl groups excluding tert-OH is 16. The normalized spacial score (nSPS) is 54.5. The predicted molar refractivity (Wildman–Crippen MR) is 289 cm³/mol. The van der Waals surface area contributed by atoms with E-state index in [0.29, 0.717) is 44.9 Å². The first-order chi connectivity index (χ1) is 40.2. The molecular weight excluding hydrogens is 1140 g/mol. The lowest BCUT2D eigenvalue weighted by molar-refractivity contribution is -0.382. The van der Waals surface area contributed by atoms with Gasteiger partial charge < -0.3 is 129 Å². The smallest absolute Gasteiger partial charge is 0.315 e. The van der Waals surface area contributed by atoms with Crippen LogP contribution in [0.15, 0.2) is 11.6 Å². The molecule has 86 heavy (non-hydrogen) atoms. The molecule has 4 saturated carbocycles. The molecule has 0 aromatic carbocycles. The SMILES string of the molecule is C[C@@H]1O[C@H](O[C@@H]2[C@@H](O[C@H]3CC[C@@]4(C)[C@@H](CC[C@]5(C)[C@H]4CC=C4[C@@H]6[C@@H](O)C(C)(C)CC[C@@]6(C(=O)O[C@H]6O[C@@H](CO[C@H]7O[C@@H](CO)[C@H](O)[C@@H](O)[C@@H]7O)[C@H](O)[C@@H](O)[C@@H]6O)CC[C@]45C)C3(C)C)OC[C@H](O)[C@H]2O)[C@@H](O)[C@H](O[C@H]2O[C@@H](CO)[C@H](O)[C@@H](O)[C@@H]2O)[C@H]1O. The van der Waals surface area contributed by atoms with Gasteiger partial charge in [-0.1, -0.05) is 60.1 Å². The Kier molecular flexibility index (Phi) is 19.2. The molecule has 10 aliphatic rings. The van der Waals surface area contributed by atoms with Crippen molar-refractivity contribution in [3.63, 3.8) is 0 Å². The zero-order valence-corrected chi connectivity index (χ0v) is 50.2. The van der Waals surface area contributed by atoms with Gasteiger partial charge >= 0.3 is 5.97 Å². The summed E-state index contributed by atoms with van der Waals surface area (Å²) in [6, 6.07) is 0. The van der Waals surface area contributed by atoms with Crippen LogP contribution < -0.4 is 0 Å². The van der Waals surface area contributed by atoms with Gasteiger partial charge in [0.1, 0.15) is 110 Å². The summed E-state index contributed by atoms with van der Waals surface area (Å²) in [6.45, 7) is 14.2. The predicted octanol–water partition coefficient (Wildman–Crippen LogP) is -3.57. The molecule has 27 heteroatoms. The van der Waals surface area contributed by atoms with E-state index in [0.717, 1.165) is 18.4 Å². The number of ether oxygens (including phenoxy) is 10. The standard InChI is InChI=1S/C59H96O27/c1-23-33(63)45(84-49-42(72)39(69)36(66)27(20-61)81-49)44(74)51(79-23)85-46-34(64)25(62)21-77-52(46)83-31-12-13-56(6)29(55(31,4)5)11-14-58(8)30(56)10-9-24-32-47(75)54(2,3)15-17-59(32,18-16-57(24,58)7)53(76)86-50-43(73)40(70)37(67)28(82-50)22-78-48-41(71)38(68)35(65)26(19-60)80-48/h9,23,25-52,60-75H,10-22H2,1-8H3/t23-,25-,26-,27-,28-,29-,30-,31-,32+,33-,34+,35-,36-,37-,38+,39+,40+,41-,42-,43-,44-,45+,46-,47+,48-,49+,50+,51+,52+,56-,57+,58+,59+/m0/s1. The number of carbonyl (C=O) groups excluding carboxylic acids is 1. The molecule has 0 spiro atoms. The van der Waals surface area contributed by atoms with E-state index in [1.165, 1.54) is 6.92 Å². The van der Waals surface area contributed by atoms with Crippen molar-refractivity contribution in [3.8, 4) is 0 Å². The highest BCUT2D eigenvalue weighted by molar-refractivity contribution is 5.79. The monoisotopic (exact) mass is 1240 g/mol. The van der Waals surface area contributed by atoms with Gasteiger partial charge in [-0.05, 0) is 104 Å². The summed E-state index contributed by atoms with van der Waals surface area (Å²) in [6.07, 6.45) is -33.2. The molecule has 33 atom stereocenters. The van der Waals surface area contributed by atoms with Gasteiger partial charge in [-0.3, -0.25) is 4.79 Å². The first-order valence-electron chi connectivity index (χ1n) is 30.7. The lowest BCUT2D eigenvalue weighted by Gasteiger charge is -2.71. The van der Waals surface area contributed by atoms with Crippen molar-refractivity contribution < 1.29 is 134 Å². The third kappa shape index (κ3) is 11.0. The lowest BCUT2D eigenvalue weighted by Crippen LogP contribution is -2.67. The Hall–Kier alpha value is -1.79. The molecule has 0 aromatic heterocycles. The molecule has 5 aliphatic carbocycles. The molecule has 0 bridgehead atoms. The minimum atomic E-state index is -1.92. The van der Waals surface area contributed by atoms with E-state index in [1.54, 1.807) is 0 Å². The molecule has 9 fully saturated rings. The van der Waals surface area contributed by atoms with Gasteiger partial charge in [0.05, 0.1) is 50.2 Å². The molecule has 0 radical (unpaired) electrons. The summed E-state index contributed by atoms with van der Waals surface area (Å²) >= 11 is 0. The molecule has 0 unspecified atom stereocenters. The van der Waals surface area contributed by atoms with Crippen LogP contribution >= 0.6 is 0 Å². The van der Waals surface area contributed by atoms with Crippen molar-refractivity contribution in [1.29, 1.82) is 0 Å². The maximum atomic E-state index is 15.2. The summed E-state index contributed by atoms with van der Waals surface area (Å²) in [4.78, 5) is 15.2. The first kappa shape index (κ1) is 67.1. The fraction of sp³-hybridized carbons (Fsp3) is 0.949. The van der Waals surface area contributed by atoms with E-state index >= 15 is 4.79 Å². The number of fused-ring (bicyclic) bond motifs is 7. The van der Waals surface area contributed by atoms with Gasteiger partial charge in [0.15, 0.2) is 25.2 Å². The van der Waals surface area contributed by atoms with E-state index in [9.17, 15) is 81.7 Å². The zero-order valence-electron chi connectivity index (χ0n) is 50.2. The quantitative estimate of drug-likeness (QED) is 0.0482. The van der Waals surface area contributed by atoms with Crippen molar-refractivity contribution in [2.45, 2.75) is 273 Å². The van der Waals surface area contributed by atoms with Crippen molar-refractivity contribution >= 4 is 5.97 Å². The lowest BCUT2D eigenvalue weighted by atomic mass is 9.33. The van der Waals surface area contributed by atoms with Crippen LogP contribution in [0, 0.1) is 50.2 Å². The highest BCUT2D eigenvalue weighted by Gasteiger charge is 2.72. The maximum Gasteiger partial charge on any atom is 0.315 e. The van der Waals surface area contributed by atoms with Gasteiger partial charge in [-0.15, -0.1) is 0 Å². The van der Waals surface area contributed by atoms with Gasteiger partial charge in [-0.2, -0.15) is 0 Å². The Morgan fingerprint density at radius 1 is 0.547 bits per heavy atom. The average Bonchev–Trinajstić information content (AvgIpc) is 0.682. The fourth-order valence-corrected chi connectivity index (χ4v) is 17.5. The largest absolute Gasteiger partial charge is 0.432 e. The van der Waals surface area contributed by atoms with Gasteiger partial charge in [-0.25, -0.2) is 0 Å². The number of carbonyl (C=O) groups is 1. The Bertz CT molecular complexity index is 2400. The molecule has 0 amide bonds. The fourth-order valence-electron chi connectivity index (χ4n) is 17.5. The number of hydrogen-bond donors (Lipinski definition) is 16. The maximum absolute atomic E-state index is 15.2. The van der Waals surface area contributed by atoms with Gasteiger partial charge in [0, 0.05) is 5.92 Å². The van der Waals surface area contributed by atoms with E-state index in [1.807, 2.05) is 13.8 Å². The van der Waals surface area contributed by atoms with Crippen LogP contribution in [0.2, 0.25) is 0 Å². The van der Waals surface area contributed by atoms with Crippen LogP contribution in [-0.2, 0) is 52.2 Å². The van der Waals surface area contributed by atoms with Crippen molar-refractivity contribution in [3.05, 3.63) is 11.6 Å². The zero-order chi connectivity index (χ0) is 62.9. The van der Waals surface area contributed by atoms with Crippen LogP contribution in [0.4, 0.5) is 0 Å². The third-order valence-corrected chi connectivity index (χ3v) is 23.3. The first-order valence-corrected chi connectivity index (χ1v) is 30.7. The van der Waals surface area contributed by atoms with Gasteiger partial charge in [0.25, 0.3) is 0 Å². The van der Waals surface area contributed by atoms with Crippen LogP contribution in [0.3, 0.4) is 0 Å². The van der Waals surface area contributed by atoms with E-state index in [-0.39, 0.29) is 29.3 Å². The van der Waals surface area contributed by atoms with E-state index in [2.05, 4.69) is 40.7 Å². The summed E-state index contributed by atoms with van der Waals surface area (Å²) in [7, 11) is 0. The number of aliphatic hydroxyl groups is 16. The molecular formula is C59H96O27. The number of esters is 1. The second-order valence-electron chi connectivity index (χ2n) is 28.6. The second-order valence-corrected chi connectivity index (χ2v) is 28.6. The van der Waals surface area contributed by atoms with E-state index < -0.39 is 213 Å². The molecule has 5 aliphatic heterocycles. The Morgan fingerprint density at radius 2 is 1.10 bits per heavy atom. The molecule has 5 saturated heterocycles. The summed E-state index contributed by atoms with van der Waals surface area (Å²) in [5, 5.41) is 173. The molecule has 5 heterocycles. The summed E-state index contributed by atoms with van der Waals surface area (Å²) in [5.41, 5.74) is -2.69. The number of allylic oxidation sites excluding steroid dienone is 1. The van der Waals surface area contributed by atoms with Crippen molar-refractivity contribution in [2.75, 3.05) is 26.4 Å². The molecule has 27 nitrogen and oxygen atoms in total. The topological polar surface area (TPSA) is 433 Å². The average molecular weight is 1240 g/mol. The highest BCUT2D eigenvalue weighted by Crippen LogP contribution is 2.76. The Balaban J connectivity index is 0.849. The van der Waals surface area contributed by atoms with Crippen LogP contribution in [-0.4, -0.2) is 274 Å². The molecule has 10 rings (SSSR count). The Morgan fingerprint density at radius 3 is 1.74 bits per heavy atom. The van der Waals surface area contributed by atoms with E-state index in [4.69, 9.17) is 47.4 Å².